The summed E-state index contributed by atoms with van der Waals surface area (Å²) >= 11 is 0. The van der Waals surface area contributed by atoms with Crippen LogP contribution in [0.1, 0.15) is 18.4 Å². The minimum Gasteiger partial charge on any atom is -0.494 e. The largest absolute Gasteiger partial charge is 0.494 e. The SMILES string of the molecule is CCOc1ccc(/C=C/c2nc3ccc([N+](=O)[O-])cc3c(=O)o2)cc1. The van der Waals surface area contributed by atoms with Crippen molar-refractivity contribution in [2.45, 2.75) is 6.92 Å². The number of non-ortho nitro benzene ring substituents is 1. The highest BCUT2D eigenvalue weighted by Crippen LogP contribution is 2.18. The van der Waals surface area contributed by atoms with Gasteiger partial charge in [-0.15, -0.1) is 0 Å². The van der Waals surface area contributed by atoms with E-state index in [9.17, 15) is 14.9 Å². The van der Waals surface area contributed by atoms with E-state index in [0.29, 0.717) is 12.1 Å². The maximum absolute atomic E-state index is 12.0. The molecular formula is C18H14N2O5. The lowest BCUT2D eigenvalue weighted by molar-refractivity contribution is -0.384. The van der Waals surface area contributed by atoms with Crippen LogP contribution in [0.3, 0.4) is 0 Å². The van der Waals surface area contributed by atoms with Crippen molar-refractivity contribution in [3.63, 3.8) is 0 Å². The van der Waals surface area contributed by atoms with Crippen molar-refractivity contribution in [1.29, 1.82) is 0 Å². The van der Waals surface area contributed by atoms with Crippen molar-refractivity contribution < 1.29 is 14.1 Å². The molecule has 0 saturated heterocycles. The smallest absolute Gasteiger partial charge is 0.347 e. The average molecular weight is 338 g/mol. The van der Waals surface area contributed by atoms with Gasteiger partial charge in [0.2, 0.25) is 5.89 Å². The van der Waals surface area contributed by atoms with Crippen LogP contribution in [0.25, 0.3) is 23.1 Å². The summed E-state index contributed by atoms with van der Waals surface area (Å²) in [5, 5.41) is 10.9. The van der Waals surface area contributed by atoms with Gasteiger partial charge in [-0.05, 0) is 36.8 Å². The topological polar surface area (TPSA) is 95.5 Å². The van der Waals surface area contributed by atoms with Gasteiger partial charge in [0.25, 0.3) is 5.69 Å². The third kappa shape index (κ3) is 3.72. The molecule has 3 rings (SSSR count). The van der Waals surface area contributed by atoms with Crippen LogP contribution in [-0.4, -0.2) is 16.5 Å². The zero-order valence-corrected chi connectivity index (χ0v) is 13.3. The molecule has 2 aromatic carbocycles. The van der Waals surface area contributed by atoms with Crippen molar-refractivity contribution in [2.24, 2.45) is 0 Å². The van der Waals surface area contributed by atoms with Gasteiger partial charge in [0.05, 0.1) is 22.4 Å². The van der Waals surface area contributed by atoms with E-state index in [1.54, 1.807) is 12.2 Å². The molecule has 25 heavy (non-hydrogen) atoms. The number of nitrogens with zero attached hydrogens (tertiary/aromatic N) is 2. The molecule has 0 atom stereocenters. The van der Waals surface area contributed by atoms with E-state index in [-0.39, 0.29) is 17.0 Å². The molecule has 7 heteroatoms. The summed E-state index contributed by atoms with van der Waals surface area (Å²) in [5.41, 5.74) is 0.379. The van der Waals surface area contributed by atoms with Gasteiger partial charge in [0, 0.05) is 18.2 Å². The van der Waals surface area contributed by atoms with E-state index in [2.05, 4.69) is 4.98 Å². The Morgan fingerprint density at radius 2 is 1.96 bits per heavy atom. The molecule has 1 aromatic heterocycles. The lowest BCUT2D eigenvalue weighted by Gasteiger charge is -2.02. The second-order valence-corrected chi connectivity index (χ2v) is 5.13. The number of nitro benzene ring substituents is 1. The third-order valence-electron chi connectivity index (χ3n) is 3.45. The predicted octanol–water partition coefficient (Wildman–Crippen LogP) is 3.67. The number of aromatic nitrogens is 1. The maximum atomic E-state index is 12.0. The molecule has 3 aromatic rings. The van der Waals surface area contributed by atoms with Crippen molar-refractivity contribution >= 4 is 28.7 Å². The van der Waals surface area contributed by atoms with E-state index < -0.39 is 10.5 Å². The van der Waals surface area contributed by atoms with Gasteiger partial charge in [-0.3, -0.25) is 10.1 Å². The van der Waals surface area contributed by atoms with E-state index in [4.69, 9.17) is 9.15 Å². The van der Waals surface area contributed by atoms with Crippen LogP contribution in [0.5, 0.6) is 5.75 Å². The minimum absolute atomic E-state index is 0.0763. The molecule has 1 heterocycles. The van der Waals surface area contributed by atoms with Crippen molar-refractivity contribution in [2.75, 3.05) is 6.61 Å². The van der Waals surface area contributed by atoms with Gasteiger partial charge in [-0.25, -0.2) is 9.78 Å². The number of ether oxygens (including phenoxy) is 1. The molecule has 0 radical (unpaired) electrons. The zero-order chi connectivity index (χ0) is 17.8. The second kappa shape index (κ2) is 6.96. The lowest BCUT2D eigenvalue weighted by atomic mass is 10.2. The molecule has 0 unspecified atom stereocenters. The highest BCUT2D eigenvalue weighted by Gasteiger charge is 2.11. The number of hydrogen-bond donors (Lipinski definition) is 0. The number of fused-ring (bicyclic) bond motifs is 1. The Hall–Kier alpha value is -3.48. The van der Waals surface area contributed by atoms with E-state index >= 15 is 0 Å². The molecule has 0 spiro atoms. The predicted molar refractivity (Wildman–Crippen MR) is 93.5 cm³/mol. The molecule has 126 valence electrons. The van der Waals surface area contributed by atoms with Gasteiger partial charge in [-0.1, -0.05) is 12.1 Å². The standard InChI is InChI=1S/C18H14N2O5/c1-2-24-14-7-3-12(4-8-14)5-10-17-19-16-9-6-13(20(22)23)11-15(16)18(21)25-17/h3-11H,2H2,1H3/b10-5+. The van der Waals surface area contributed by atoms with Crippen LogP contribution in [0.2, 0.25) is 0 Å². The van der Waals surface area contributed by atoms with Crippen LogP contribution >= 0.6 is 0 Å². The summed E-state index contributed by atoms with van der Waals surface area (Å²) in [7, 11) is 0. The first kappa shape index (κ1) is 16.4. The number of hydrogen-bond acceptors (Lipinski definition) is 6. The first-order valence-corrected chi connectivity index (χ1v) is 7.57. The van der Waals surface area contributed by atoms with Crippen molar-refractivity contribution in [3.8, 4) is 5.75 Å². The highest BCUT2D eigenvalue weighted by molar-refractivity contribution is 5.80. The van der Waals surface area contributed by atoms with E-state index in [1.165, 1.54) is 12.1 Å². The molecule has 0 fully saturated rings. The van der Waals surface area contributed by atoms with Gasteiger partial charge in [-0.2, -0.15) is 0 Å². The Kier molecular flexibility index (Phi) is 4.56. The Bertz CT molecular complexity index is 1010. The summed E-state index contributed by atoms with van der Waals surface area (Å²) in [6.07, 6.45) is 3.32. The molecule has 0 saturated carbocycles. The molecule has 7 nitrogen and oxygen atoms in total. The van der Waals surface area contributed by atoms with Crippen molar-refractivity contribution in [3.05, 3.63) is 74.5 Å². The normalized spacial score (nSPS) is 11.1. The average Bonchev–Trinajstić information content (AvgIpc) is 2.61. The fourth-order valence-corrected chi connectivity index (χ4v) is 2.27. The van der Waals surface area contributed by atoms with Gasteiger partial charge >= 0.3 is 5.63 Å². The third-order valence-corrected chi connectivity index (χ3v) is 3.45. The Morgan fingerprint density at radius 1 is 1.20 bits per heavy atom. The zero-order valence-electron chi connectivity index (χ0n) is 13.3. The lowest BCUT2D eigenvalue weighted by Crippen LogP contribution is -2.03. The number of rotatable bonds is 5. The Morgan fingerprint density at radius 3 is 2.64 bits per heavy atom. The first-order chi connectivity index (χ1) is 12.1. The van der Waals surface area contributed by atoms with Gasteiger partial charge < -0.3 is 9.15 Å². The molecule has 0 aliphatic rings. The summed E-state index contributed by atoms with van der Waals surface area (Å²) in [6.45, 7) is 2.51. The first-order valence-electron chi connectivity index (χ1n) is 7.57. The minimum atomic E-state index is -0.667. The van der Waals surface area contributed by atoms with Gasteiger partial charge in [0.1, 0.15) is 5.75 Å². The molecule has 0 bridgehead atoms. The van der Waals surface area contributed by atoms with Crippen LogP contribution in [0, 0.1) is 10.1 Å². The fraction of sp³-hybridized carbons (Fsp3) is 0.111. The summed E-state index contributed by atoms with van der Waals surface area (Å²) < 4.78 is 10.5. The van der Waals surface area contributed by atoms with E-state index in [0.717, 1.165) is 17.4 Å². The monoisotopic (exact) mass is 338 g/mol. The van der Waals surface area contributed by atoms with Crippen molar-refractivity contribution in [1.82, 2.24) is 4.98 Å². The number of nitro groups is 1. The van der Waals surface area contributed by atoms with Crippen LogP contribution in [-0.2, 0) is 0 Å². The molecule has 0 aliphatic carbocycles. The molecule has 0 N–H and O–H groups in total. The van der Waals surface area contributed by atoms with Gasteiger partial charge in [0.15, 0.2) is 0 Å². The Balaban J connectivity index is 1.90. The molecule has 0 aliphatic heterocycles. The summed E-state index contributed by atoms with van der Waals surface area (Å²) in [4.78, 5) is 26.4. The quantitative estimate of drug-likeness (QED) is 0.520. The van der Waals surface area contributed by atoms with E-state index in [1.807, 2.05) is 31.2 Å². The molecular weight excluding hydrogens is 324 g/mol. The summed E-state index contributed by atoms with van der Waals surface area (Å²) in [5.74, 6) is 0.900. The van der Waals surface area contributed by atoms with Crippen LogP contribution in [0.4, 0.5) is 5.69 Å². The fourth-order valence-electron chi connectivity index (χ4n) is 2.27. The second-order valence-electron chi connectivity index (χ2n) is 5.13. The van der Waals surface area contributed by atoms with Crippen LogP contribution in [0.15, 0.2) is 51.7 Å². The molecule has 0 amide bonds. The number of benzene rings is 2. The summed E-state index contributed by atoms with van der Waals surface area (Å²) in [6, 6.07) is 11.3. The van der Waals surface area contributed by atoms with Crippen LogP contribution < -0.4 is 10.4 Å². The Labute approximate surface area is 142 Å². The highest BCUT2D eigenvalue weighted by atomic mass is 16.6. The maximum Gasteiger partial charge on any atom is 0.347 e.